The van der Waals surface area contributed by atoms with Gasteiger partial charge in [0.1, 0.15) is 17.4 Å². The van der Waals surface area contributed by atoms with Gasteiger partial charge in [-0.25, -0.2) is 9.48 Å². The summed E-state index contributed by atoms with van der Waals surface area (Å²) in [6.07, 6.45) is 10.3. The van der Waals surface area contributed by atoms with Crippen LogP contribution in [-0.4, -0.2) is 74.9 Å². The molecule has 2 N–H and O–H groups in total. The Labute approximate surface area is 243 Å². The average molecular weight is 574 g/mol. The highest BCUT2D eigenvalue weighted by Crippen LogP contribution is 2.46. The zero-order valence-electron chi connectivity index (χ0n) is 23.7. The van der Waals surface area contributed by atoms with Crippen molar-refractivity contribution in [2.45, 2.75) is 50.2 Å². The molecule has 2 aromatic heterocycles. The fourth-order valence-corrected chi connectivity index (χ4v) is 6.28. The number of carboxylic acids is 1. The summed E-state index contributed by atoms with van der Waals surface area (Å²) in [4.78, 5) is 46.0. The van der Waals surface area contributed by atoms with Crippen molar-refractivity contribution in [3.8, 4) is 17.4 Å². The summed E-state index contributed by atoms with van der Waals surface area (Å²) >= 11 is 0. The molecule has 0 saturated heterocycles. The van der Waals surface area contributed by atoms with Gasteiger partial charge in [-0.3, -0.25) is 9.59 Å². The smallest absolute Gasteiger partial charge is 0.330 e. The van der Waals surface area contributed by atoms with Crippen LogP contribution in [-0.2, 0) is 14.4 Å². The second-order valence-electron chi connectivity index (χ2n) is 11.5. The molecule has 2 amide bonds. The number of allylic oxidation sites excluding steroid dienone is 1. The van der Waals surface area contributed by atoms with Gasteiger partial charge < -0.3 is 24.8 Å². The number of amides is 2. The van der Waals surface area contributed by atoms with Crippen LogP contribution in [0.3, 0.4) is 0 Å². The molecule has 2 saturated carbocycles. The Morgan fingerprint density at radius 2 is 2.00 bits per heavy atom. The van der Waals surface area contributed by atoms with Crippen LogP contribution in [0, 0.1) is 17.8 Å². The van der Waals surface area contributed by atoms with E-state index in [2.05, 4.69) is 10.4 Å². The van der Waals surface area contributed by atoms with Crippen LogP contribution in [0.1, 0.15) is 38.5 Å². The van der Waals surface area contributed by atoms with Crippen molar-refractivity contribution in [1.82, 2.24) is 25.0 Å². The molecule has 0 radical (unpaired) electrons. The van der Waals surface area contributed by atoms with E-state index in [0.29, 0.717) is 36.8 Å². The third-order valence-corrected chi connectivity index (χ3v) is 8.78. The summed E-state index contributed by atoms with van der Waals surface area (Å²) in [6, 6.07) is 9.28. The van der Waals surface area contributed by atoms with E-state index in [4.69, 9.17) is 14.5 Å². The van der Waals surface area contributed by atoms with Gasteiger partial charge >= 0.3 is 5.97 Å². The Morgan fingerprint density at radius 3 is 2.76 bits per heavy atom. The molecule has 0 unspecified atom stereocenters. The minimum absolute atomic E-state index is 0.126. The number of methoxy groups -OCH3 is 1. The number of pyridine rings is 1. The SMILES string of the molecule is COc1ccc2c(O[C@@H]3C[C@H]4C(=O)N[C@]5(C(=O)O)C[C@@H]5/C=C\CCCCN(C)C(=O)[C@@H]4C3)nc(-n3cccn3)cc2c1. The standard InChI is InChI=1S/C31H35N5O6/c1-35-12-6-4-3-5-8-20-18-31(20,30(39)40)34-27(37)24-16-22(17-25(24)29(35)38)42-28-23-10-9-21(41-2)14-19(23)15-26(33-28)36-13-7-11-32-36/h5,7-11,13-15,20,22,24-25H,3-4,6,12,16-18H2,1-2H3,(H,34,37)(H,39,40)/b8-5-/t20-,22+,24+,25+,31+/m0/s1. The van der Waals surface area contributed by atoms with Gasteiger partial charge in [0, 0.05) is 37.3 Å². The molecule has 11 heteroatoms. The third kappa shape index (κ3) is 5.19. The molecule has 2 fully saturated rings. The molecule has 0 spiro atoms. The maximum Gasteiger partial charge on any atom is 0.330 e. The Kier molecular flexibility index (Phi) is 7.34. The lowest BCUT2D eigenvalue weighted by atomic mass is 9.93. The van der Waals surface area contributed by atoms with Crippen LogP contribution in [0.2, 0.25) is 0 Å². The molecule has 3 aliphatic rings. The number of benzene rings is 1. The first kappa shape index (κ1) is 27.7. The third-order valence-electron chi connectivity index (χ3n) is 8.78. The van der Waals surface area contributed by atoms with Crippen LogP contribution < -0.4 is 14.8 Å². The number of nitrogens with one attached hydrogen (secondary N) is 1. The van der Waals surface area contributed by atoms with E-state index in [1.54, 1.807) is 42.2 Å². The number of rotatable bonds is 5. The lowest BCUT2D eigenvalue weighted by Gasteiger charge is -2.26. The maximum atomic E-state index is 13.7. The molecule has 2 aliphatic carbocycles. The van der Waals surface area contributed by atoms with Gasteiger partial charge in [0.25, 0.3) is 0 Å². The van der Waals surface area contributed by atoms with E-state index in [1.807, 2.05) is 36.4 Å². The highest BCUT2D eigenvalue weighted by atomic mass is 16.5. The monoisotopic (exact) mass is 573 g/mol. The topological polar surface area (TPSA) is 136 Å². The van der Waals surface area contributed by atoms with Crippen molar-refractivity contribution in [3.63, 3.8) is 0 Å². The molecule has 11 nitrogen and oxygen atoms in total. The second-order valence-corrected chi connectivity index (χ2v) is 11.5. The number of fused-ring (bicyclic) bond motifs is 3. The predicted octanol–water partition coefficient (Wildman–Crippen LogP) is 3.36. The average Bonchev–Trinajstić information content (AvgIpc) is 3.31. The van der Waals surface area contributed by atoms with E-state index in [0.717, 1.165) is 30.0 Å². The Morgan fingerprint density at radius 1 is 1.17 bits per heavy atom. The summed E-state index contributed by atoms with van der Waals surface area (Å²) < 4.78 is 13.6. The number of nitrogens with zero attached hydrogens (tertiary/aromatic N) is 4. The van der Waals surface area contributed by atoms with Gasteiger partial charge in [-0.2, -0.15) is 10.1 Å². The largest absolute Gasteiger partial charge is 0.497 e. The first-order valence-corrected chi connectivity index (χ1v) is 14.4. The molecular weight excluding hydrogens is 538 g/mol. The molecule has 3 aromatic rings. The van der Waals surface area contributed by atoms with E-state index < -0.39 is 35.4 Å². The van der Waals surface area contributed by atoms with E-state index in [9.17, 15) is 19.5 Å². The van der Waals surface area contributed by atoms with Crippen molar-refractivity contribution in [1.29, 1.82) is 0 Å². The lowest BCUT2D eigenvalue weighted by molar-refractivity contribution is -0.145. The maximum absolute atomic E-state index is 13.7. The summed E-state index contributed by atoms with van der Waals surface area (Å²) in [6.45, 7) is 0.589. The van der Waals surface area contributed by atoms with Gasteiger partial charge in [0.2, 0.25) is 17.7 Å². The van der Waals surface area contributed by atoms with Gasteiger partial charge in [0.05, 0.1) is 18.9 Å². The highest BCUT2D eigenvalue weighted by Gasteiger charge is 2.61. The zero-order chi connectivity index (χ0) is 29.4. The van der Waals surface area contributed by atoms with Crippen LogP contribution in [0.4, 0.5) is 0 Å². The fourth-order valence-electron chi connectivity index (χ4n) is 6.28. The Balaban J connectivity index is 1.32. The van der Waals surface area contributed by atoms with Crippen molar-refractivity contribution in [3.05, 3.63) is 54.9 Å². The van der Waals surface area contributed by atoms with Crippen molar-refractivity contribution in [2.24, 2.45) is 17.8 Å². The molecule has 1 aliphatic heterocycles. The van der Waals surface area contributed by atoms with E-state index in [-0.39, 0.29) is 18.2 Å². The fraction of sp³-hybridized carbons (Fsp3) is 0.452. The van der Waals surface area contributed by atoms with Gasteiger partial charge in [-0.1, -0.05) is 12.2 Å². The highest BCUT2D eigenvalue weighted by molar-refractivity contribution is 5.94. The summed E-state index contributed by atoms with van der Waals surface area (Å²) in [5.41, 5.74) is -1.33. The van der Waals surface area contributed by atoms with Crippen molar-refractivity contribution in [2.75, 3.05) is 20.7 Å². The minimum atomic E-state index is -1.33. The number of carboxylic acid groups (broad SMARTS) is 1. The number of carbonyl (C=O) groups excluding carboxylic acids is 2. The molecular formula is C31H35N5O6. The number of aliphatic carboxylic acids is 1. The van der Waals surface area contributed by atoms with E-state index >= 15 is 0 Å². The minimum Gasteiger partial charge on any atom is -0.497 e. The molecule has 1 aromatic carbocycles. The normalized spacial score (nSPS) is 28.8. The van der Waals surface area contributed by atoms with Crippen LogP contribution in [0.5, 0.6) is 11.6 Å². The quantitative estimate of drug-likeness (QED) is 0.444. The predicted molar refractivity (Wildman–Crippen MR) is 153 cm³/mol. The number of hydrogen-bond donors (Lipinski definition) is 2. The molecule has 220 valence electrons. The molecule has 3 heterocycles. The van der Waals surface area contributed by atoms with Gasteiger partial charge in [0.15, 0.2) is 5.82 Å². The van der Waals surface area contributed by atoms with Crippen LogP contribution in [0.15, 0.2) is 54.9 Å². The van der Waals surface area contributed by atoms with Crippen molar-refractivity contribution >= 4 is 28.6 Å². The first-order chi connectivity index (χ1) is 20.3. The molecule has 42 heavy (non-hydrogen) atoms. The first-order valence-electron chi connectivity index (χ1n) is 14.4. The number of carbonyl (C=O) groups is 3. The molecule has 6 rings (SSSR count). The molecule has 5 atom stereocenters. The zero-order valence-corrected chi connectivity index (χ0v) is 23.7. The Bertz CT molecular complexity index is 1540. The van der Waals surface area contributed by atoms with Gasteiger partial charge in [-0.05, 0) is 74.2 Å². The lowest BCUT2D eigenvalue weighted by Crippen LogP contribution is -2.49. The number of hydrogen-bond acceptors (Lipinski definition) is 7. The van der Waals surface area contributed by atoms with Crippen LogP contribution >= 0.6 is 0 Å². The van der Waals surface area contributed by atoms with Crippen LogP contribution in [0.25, 0.3) is 16.6 Å². The van der Waals surface area contributed by atoms with E-state index in [1.165, 1.54) is 0 Å². The number of aromatic nitrogens is 3. The number of ether oxygens (including phenoxy) is 2. The summed E-state index contributed by atoms with van der Waals surface area (Å²) in [5.74, 6) is -1.62. The second kappa shape index (κ2) is 11.1. The molecule has 0 bridgehead atoms. The van der Waals surface area contributed by atoms with Crippen molar-refractivity contribution < 1.29 is 29.0 Å². The van der Waals surface area contributed by atoms with Gasteiger partial charge in [-0.15, -0.1) is 0 Å². The summed E-state index contributed by atoms with van der Waals surface area (Å²) in [5, 5.41) is 18.7. The Hall–Kier alpha value is -4.41. The summed E-state index contributed by atoms with van der Waals surface area (Å²) in [7, 11) is 3.37.